The van der Waals surface area contributed by atoms with Crippen LogP contribution in [0, 0.1) is 0 Å². The number of methoxy groups -OCH3 is 1. The van der Waals surface area contributed by atoms with Crippen LogP contribution in [0.5, 0.6) is 5.88 Å². The van der Waals surface area contributed by atoms with Gasteiger partial charge < -0.3 is 15.8 Å². The Hall–Kier alpha value is -2.96. The van der Waals surface area contributed by atoms with Gasteiger partial charge in [0.15, 0.2) is 0 Å². The lowest BCUT2D eigenvalue weighted by molar-refractivity contribution is 0.0998. The van der Waals surface area contributed by atoms with E-state index in [0.29, 0.717) is 17.1 Å². The van der Waals surface area contributed by atoms with Gasteiger partial charge in [-0.05, 0) is 24.3 Å². The second-order valence-electron chi connectivity index (χ2n) is 3.84. The largest absolute Gasteiger partial charge is 0.481 e. The molecule has 102 valence electrons. The lowest BCUT2D eigenvalue weighted by Gasteiger charge is -2.05. The molecule has 0 aliphatic carbocycles. The van der Waals surface area contributed by atoms with E-state index in [4.69, 9.17) is 10.5 Å². The zero-order valence-corrected chi connectivity index (χ0v) is 10.7. The van der Waals surface area contributed by atoms with Crippen LogP contribution >= 0.6 is 0 Å². The second-order valence-corrected chi connectivity index (χ2v) is 3.84. The zero-order chi connectivity index (χ0) is 14.5. The molecule has 1 aromatic heterocycles. The lowest BCUT2D eigenvalue weighted by atomic mass is 10.2. The molecule has 2 rings (SSSR count). The molecule has 1 heterocycles. The van der Waals surface area contributed by atoms with Crippen molar-refractivity contribution in [2.45, 2.75) is 0 Å². The van der Waals surface area contributed by atoms with Crippen molar-refractivity contribution in [3.05, 3.63) is 47.9 Å². The molecule has 1 aromatic carbocycles. The molecule has 7 nitrogen and oxygen atoms in total. The van der Waals surface area contributed by atoms with Crippen LogP contribution in [0.25, 0.3) is 0 Å². The SMILES string of the molecule is COc1cc(C(=O)Nc2ccc(C(N)=O)cc2)ncn1. The molecule has 0 fully saturated rings. The van der Waals surface area contributed by atoms with Gasteiger partial charge in [0.05, 0.1) is 7.11 Å². The van der Waals surface area contributed by atoms with Crippen LogP contribution in [-0.2, 0) is 0 Å². The van der Waals surface area contributed by atoms with Gasteiger partial charge in [0.2, 0.25) is 11.8 Å². The maximum atomic E-state index is 12.0. The number of ether oxygens (including phenoxy) is 1. The highest BCUT2D eigenvalue weighted by atomic mass is 16.5. The van der Waals surface area contributed by atoms with Crippen LogP contribution in [0.3, 0.4) is 0 Å². The van der Waals surface area contributed by atoms with Gasteiger partial charge >= 0.3 is 0 Å². The Morgan fingerprint density at radius 2 is 1.90 bits per heavy atom. The fourth-order valence-corrected chi connectivity index (χ4v) is 1.49. The normalized spacial score (nSPS) is 9.85. The number of aromatic nitrogens is 2. The summed E-state index contributed by atoms with van der Waals surface area (Å²) >= 11 is 0. The topological polar surface area (TPSA) is 107 Å². The van der Waals surface area contributed by atoms with Gasteiger partial charge in [0, 0.05) is 17.3 Å². The average Bonchev–Trinajstić information content (AvgIpc) is 2.47. The number of hydrogen-bond acceptors (Lipinski definition) is 5. The molecule has 0 atom stereocenters. The number of carbonyl (C=O) groups is 2. The van der Waals surface area contributed by atoms with Crippen LogP contribution < -0.4 is 15.8 Å². The van der Waals surface area contributed by atoms with Gasteiger partial charge in [-0.15, -0.1) is 0 Å². The Morgan fingerprint density at radius 1 is 1.20 bits per heavy atom. The Kier molecular flexibility index (Phi) is 3.90. The highest BCUT2D eigenvalue weighted by Gasteiger charge is 2.09. The van der Waals surface area contributed by atoms with E-state index < -0.39 is 11.8 Å². The van der Waals surface area contributed by atoms with Gasteiger partial charge in [-0.1, -0.05) is 0 Å². The molecule has 3 N–H and O–H groups in total. The van der Waals surface area contributed by atoms with Crippen LogP contribution in [0.2, 0.25) is 0 Å². The van der Waals surface area contributed by atoms with Gasteiger partial charge in [0.1, 0.15) is 12.0 Å². The molecule has 0 radical (unpaired) electrons. The summed E-state index contributed by atoms with van der Waals surface area (Å²) in [4.78, 5) is 30.5. The molecule has 7 heteroatoms. The van der Waals surface area contributed by atoms with E-state index in [1.165, 1.54) is 31.6 Å². The van der Waals surface area contributed by atoms with Gasteiger partial charge in [-0.25, -0.2) is 9.97 Å². The van der Waals surface area contributed by atoms with E-state index in [1.54, 1.807) is 12.1 Å². The van der Waals surface area contributed by atoms with E-state index >= 15 is 0 Å². The minimum Gasteiger partial charge on any atom is -0.481 e. The number of amides is 2. The second kappa shape index (κ2) is 5.79. The smallest absolute Gasteiger partial charge is 0.274 e. The third-order valence-electron chi connectivity index (χ3n) is 2.51. The summed E-state index contributed by atoms with van der Waals surface area (Å²) in [6.07, 6.45) is 1.24. The maximum Gasteiger partial charge on any atom is 0.274 e. The van der Waals surface area contributed by atoms with Gasteiger partial charge in [-0.2, -0.15) is 0 Å². The number of benzene rings is 1. The number of anilines is 1. The number of hydrogen-bond donors (Lipinski definition) is 2. The van der Waals surface area contributed by atoms with Crippen LogP contribution in [0.15, 0.2) is 36.7 Å². The zero-order valence-electron chi connectivity index (χ0n) is 10.7. The molecule has 0 aliphatic rings. The van der Waals surface area contributed by atoms with E-state index in [0.717, 1.165) is 0 Å². The Labute approximate surface area is 114 Å². The Balaban J connectivity index is 2.12. The molecular formula is C13H12N4O3. The third-order valence-corrected chi connectivity index (χ3v) is 2.51. The standard InChI is InChI=1S/C13H12N4O3/c1-20-11-6-10(15-7-16-11)13(19)17-9-4-2-8(3-5-9)12(14)18/h2-7H,1H3,(H2,14,18)(H,17,19). The average molecular weight is 272 g/mol. The predicted molar refractivity (Wildman–Crippen MR) is 71.5 cm³/mol. The first-order chi connectivity index (χ1) is 9.60. The van der Waals surface area contributed by atoms with Crippen molar-refractivity contribution in [2.24, 2.45) is 5.73 Å². The molecule has 0 aliphatic heterocycles. The number of rotatable bonds is 4. The first-order valence-electron chi connectivity index (χ1n) is 5.67. The molecule has 0 spiro atoms. The number of nitrogens with two attached hydrogens (primary N) is 1. The quantitative estimate of drug-likeness (QED) is 0.857. The third kappa shape index (κ3) is 3.08. The number of primary amides is 1. The molecule has 0 bridgehead atoms. The molecule has 0 unspecified atom stereocenters. The van der Waals surface area contributed by atoms with E-state index in [-0.39, 0.29) is 5.69 Å². The fourth-order valence-electron chi connectivity index (χ4n) is 1.49. The van der Waals surface area contributed by atoms with Crippen LogP contribution in [0.4, 0.5) is 5.69 Å². The van der Waals surface area contributed by atoms with Crippen LogP contribution in [0.1, 0.15) is 20.8 Å². The lowest BCUT2D eigenvalue weighted by Crippen LogP contribution is -2.15. The van der Waals surface area contributed by atoms with Crippen molar-refractivity contribution in [3.63, 3.8) is 0 Å². The van der Waals surface area contributed by atoms with E-state index in [1.807, 2.05) is 0 Å². The van der Waals surface area contributed by atoms with Crippen molar-refractivity contribution in [3.8, 4) is 5.88 Å². The molecule has 2 aromatic rings. The van der Waals surface area contributed by atoms with Gasteiger partial charge in [0.25, 0.3) is 5.91 Å². The number of nitrogens with one attached hydrogen (secondary N) is 1. The molecule has 0 saturated heterocycles. The summed E-state index contributed by atoms with van der Waals surface area (Å²) in [5.74, 6) is -0.629. The Morgan fingerprint density at radius 3 is 2.50 bits per heavy atom. The minimum atomic E-state index is -0.525. The van der Waals surface area contributed by atoms with Crippen molar-refractivity contribution in [2.75, 3.05) is 12.4 Å². The summed E-state index contributed by atoms with van der Waals surface area (Å²) < 4.78 is 4.91. The minimum absolute atomic E-state index is 0.177. The Bertz CT molecular complexity index is 640. The van der Waals surface area contributed by atoms with Crippen molar-refractivity contribution < 1.29 is 14.3 Å². The first kappa shape index (κ1) is 13.5. The first-order valence-corrected chi connectivity index (χ1v) is 5.67. The van der Waals surface area contributed by atoms with Crippen molar-refractivity contribution in [1.29, 1.82) is 0 Å². The fraction of sp³-hybridized carbons (Fsp3) is 0.0769. The van der Waals surface area contributed by atoms with Crippen molar-refractivity contribution >= 4 is 17.5 Å². The van der Waals surface area contributed by atoms with Crippen LogP contribution in [-0.4, -0.2) is 28.9 Å². The highest BCUT2D eigenvalue weighted by Crippen LogP contribution is 2.12. The summed E-state index contributed by atoms with van der Waals surface area (Å²) in [7, 11) is 1.45. The summed E-state index contributed by atoms with van der Waals surface area (Å²) in [6.45, 7) is 0. The maximum absolute atomic E-state index is 12.0. The summed E-state index contributed by atoms with van der Waals surface area (Å²) in [6, 6.07) is 7.64. The molecule has 2 amide bonds. The highest BCUT2D eigenvalue weighted by molar-refractivity contribution is 6.03. The molecular weight excluding hydrogens is 260 g/mol. The van der Waals surface area contributed by atoms with E-state index in [9.17, 15) is 9.59 Å². The predicted octanol–water partition coefficient (Wildman–Crippen LogP) is 0.836. The summed E-state index contributed by atoms with van der Waals surface area (Å²) in [5.41, 5.74) is 6.20. The number of nitrogens with zero attached hydrogens (tertiary/aromatic N) is 2. The van der Waals surface area contributed by atoms with E-state index in [2.05, 4.69) is 15.3 Å². The molecule has 0 saturated carbocycles. The van der Waals surface area contributed by atoms with Crippen molar-refractivity contribution in [1.82, 2.24) is 9.97 Å². The number of carbonyl (C=O) groups excluding carboxylic acids is 2. The monoisotopic (exact) mass is 272 g/mol. The summed E-state index contributed by atoms with van der Waals surface area (Å²) in [5, 5.41) is 2.64. The molecule has 20 heavy (non-hydrogen) atoms. The van der Waals surface area contributed by atoms with Gasteiger partial charge in [-0.3, -0.25) is 9.59 Å².